The van der Waals surface area contributed by atoms with Gasteiger partial charge in [-0.15, -0.1) is 0 Å². The number of fused-ring (bicyclic) bond motifs is 2. The third-order valence-corrected chi connectivity index (χ3v) is 7.24. The molecule has 4 unspecified atom stereocenters. The summed E-state index contributed by atoms with van der Waals surface area (Å²) in [5, 5.41) is 6.27. The fourth-order valence-electron chi connectivity index (χ4n) is 5.78. The molecule has 170 valence electrons. The summed E-state index contributed by atoms with van der Waals surface area (Å²) in [7, 11) is 0. The Morgan fingerprint density at radius 2 is 1.13 bits per heavy atom. The predicted molar refractivity (Wildman–Crippen MR) is 113 cm³/mol. The maximum absolute atomic E-state index is 12.2. The number of amides is 2. The Kier molecular flexibility index (Phi) is 7.98. The average Bonchev–Trinajstić information content (AvgIpc) is 3.35. The van der Waals surface area contributed by atoms with Crippen molar-refractivity contribution in [2.24, 2.45) is 0 Å². The van der Waals surface area contributed by atoms with Crippen molar-refractivity contribution < 1.29 is 19.1 Å². The molecule has 0 aromatic heterocycles. The van der Waals surface area contributed by atoms with Crippen molar-refractivity contribution in [1.29, 1.82) is 0 Å². The molecule has 4 heterocycles. The lowest BCUT2D eigenvalue weighted by molar-refractivity contribution is -0.130. The summed E-state index contributed by atoms with van der Waals surface area (Å²) in [5.41, 5.74) is 0. The summed E-state index contributed by atoms with van der Waals surface area (Å²) in [6.45, 7) is 5.26. The number of piperidine rings is 2. The van der Waals surface area contributed by atoms with Gasteiger partial charge in [-0.2, -0.15) is 0 Å². The molecule has 0 saturated carbocycles. The van der Waals surface area contributed by atoms with Crippen LogP contribution in [0, 0.1) is 0 Å². The van der Waals surface area contributed by atoms with Gasteiger partial charge in [0.2, 0.25) is 11.8 Å². The highest BCUT2D eigenvalue weighted by atomic mass is 16.5. The normalized spacial score (nSPS) is 31.9. The molecule has 0 aromatic carbocycles. The van der Waals surface area contributed by atoms with Gasteiger partial charge in [-0.3, -0.25) is 19.4 Å². The third kappa shape index (κ3) is 5.72. The van der Waals surface area contributed by atoms with Gasteiger partial charge < -0.3 is 20.1 Å². The molecule has 0 spiro atoms. The highest BCUT2D eigenvalue weighted by molar-refractivity contribution is 5.78. The van der Waals surface area contributed by atoms with Gasteiger partial charge in [0.1, 0.15) is 13.2 Å². The van der Waals surface area contributed by atoms with Gasteiger partial charge in [0, 0.05) is 37.3 Å². The first kappa shape index (κ1) is 22.0. The van der Waals surface area contributed by atoms with Crippen molar-refractivity contribution in [3.63, 3.8) is 0 Å². The van der Waals surface area contributed by atoms with Gasteiger partial charge in [0.25, 0.3) is 0 Å². The minimum Gasteiger partial charge on any atom is -0.369 e. The van der Waals surface area contributed by atoms with E-state index in [2.05, 4.69) is 20.4 Å². The SMILES string of the molecule is O=C(COCCOCC(=O)NC1CCN2CCCCC12)NC1CCN2CCCCC12. The Bertz CT molecular complexity index is 539. The molecule has 8 heteroatoms. The highest BCUT2D eigenvalue weighted by Gasteiger charge is 2.37. The minimum absolute atomic E-state index is 0.0524. The second kappa shape index (κ2) is 10.9. The molecule has 4 saturated heterocycles. The average molecular weight is 423 g/mol. The Hall–Kier alpha value is -1.22. The first-order valence-corrected chi connectivity index (χ1v) is 11.9. The molecular formula is C22H38N4O4. The van der Waals surface area contributed by atoms with E-state index in [-0.39, 0.29) is 37.1 Å². The van der Waals surface area contributed by atoms with Gasteiger partial charge in [-0.25, -0.2) is 0 Å². The summed E-state index contributed by atoms with van der Waals surface area (Å²) in [4.78, 5) is 29.3. The van der Waals surface area contributed by atoms with Crippen LogP contribution in [0.25, 0.3) is 0 Å². The Morgan fingerprint density at radius 1 is 0.667 bits per heavy atom. The maximum Gasteiger partial charge on any atom is 0.246 e. The van der Waals surface area contributed by atoms with Crippen LogP contribution in [0.2, 0.25) is 0 Å². The zero-order valence-electron chi connectivity index (χ0n) is 18.2. The van der Waals surface area contributed by atoms with E-state index in [0.717, 1.165) is 39.0 Å². The van der Waals surface area contributed by atoms with E-state index in [1.165, 1.54) is 38.5 Å². The summed E-state index contributed by atoms with van der Waals surface area (Å²) < 4.78 is 10.9. The van der Waals surface area contributed by atoms with Gasteiger partial charge >= 0.3 is 0 Å². The fourth-order valence-corrected chi connectivity index (χ4v) is 5.78. The second-order valence-electron chi connectivity index (χ2n) is 9.23. The summed E-state index contributed by atoms with van der Waals surface area (Å²) in [6.07, 6.45) is 9.50. The topological polar surface area (TPSA) is 83.1 Å². The zero-order chi connectivity index (χ0) is 20.8. The van der Waals surface area contributed by atoms with Gasteiger partial charge in [-0.05, 0) is 51.6 Å². The van der Waals surface area contributed by atoms with Gasteiger partial charge in [0.05, 0.1) is 13.2 Å². The standard InChI is InChI=1S/C22H38N4O4/c27-21(23-17-7-11-25-9-3-1-5-19(17)25)15-29-13-14-30-16-22(28)24-18-8-12-26-10-4-2-6-20(18)26/h17-20H,1-16H2,(H,23,27)(H,24,28). The minimum atomic E-state index is -0.0524. The first-order chi connectivity index (χ1) is 14.7. The molecule has 2 N–H and O–H groups in total. The quantitative estimate of drug-likeness (QED) is 0.527. The highest BCUT2D eigenvalue weighted by Crippen LogP contribution is 2.28. The molecule has 0 aromatic rings. The number of carbonyl (C=O) groups excluding carboxylic acids is 2. The van der Waals surface area contributed by atoms with Crippen LogP contribution in [0.4, 0.5) is 0 Å². The third-order valence-electron chi connectivity index (χ3n) is 7.24. The van der Waals surface area contributed by atoms with Gasteiger partial charge in [-0.1, -0.05) is 12.8 Å². The number of ether oxygens (including phenoxy) is 2. The number of rotatable bonds is 9. The van der Waals surface area contributed by atoms with Crippen molar-refractivity contribution in [1.82, 2.24) is 20.4 Å². The lowest BCUT2D eigenvalue weighted by atomic mass is 9.99. The van der Waals surface area contributed by atoms with Crippen molar-refractivity contribution >= 4 is 11.8 Å². The molecule has 4 aliphatic rings. The van der Waals surface area contributed by atoms with Crippen molar-refractivity contribution in [3.05, 3.63) is 0 Å². The first-order valence-electron chi connectivity index (χ1n) is 11.9. The number of hydrogen-bond acceptors (Lipinski definition) is 6. The molecule has 2 amide bonds. The molecule has 0 bridgehead atoms. The van der Waals surface area contributed by atoms with Crippen LogP contribution in [-0.2, 0) is 19.1 Å². The molecule has 4 rings (SSSR count). The Balaban J connectivity index is 1.03. The summed E-state index contributed by atoms with van der Waals surface area (Å²) in [6, 6.07) is 1.53. The molecule has 4 fully saturated rings. The van der Waals surface area contributed by atoms with E-state index in [4.69, 9.17) is 9.47 Å². The number of carbonyl (C=O) groups is 2. The number of hydrogen-bond donors (Lipinski definition) is 2. The van der Waals surface area contributed by atoms with Crippen LogP contribution in [0.1, 0.15) is 51.4 Å². The molecule has 30 heavy (non-hydrogen) atoms. The Labute approximate surface area is 180 Å². The van der Waals surface area contributed by atoms with E-state index in [9.17, 15) is 9.59 Å². The lowest BCUT2D eigenvalue weighted by Crippen LogP contribution is -2.47. The molecule has 4 atom stereocenters. The summed E-state index contributed by atoms with van der Waals surface area (Å²) >= 11 is 0. The lowest BCUT2D eigenvalue weighted by Gasteiger charge is -2.32. The van der Waals surface area contributed by atoms with Crippen molar-refractivity contribution in [2.75, 3.05) is 52.6 Å². The van der Waals surface area contributed by atoms with E-state index in [1.807, 2.05) is 0 Å². The van der Waals surface area contributed by atoms with Crippen LogP contribution in [0.3, 0.4) is 0 Å². The largest absolute Gasteiger partial charge is 0.369 e. The van der Waals surface area contributed by atoms with E-state index >= 15 is 0 Å². The van der Waals surface area contributed by atoms with Crippen molar-refractivity contribution in [3.8, 4) is 0 Å². The van der Waals surface area contributed by atoms with Crippen LogP contribution in [0.15, 0.2) is 0 Å². The monoisotopic (exact) mass is 422 g/mol. The van der Waals surface area contributed by atoms with E-state index in [0.29, 0.717) is 25.3 Å². The molecule has 0 aliphatic carbocycles. The molecule has 0 radical (unpaired) electrons. The van der Waals surface area contributed by atoms with Crippen LogP contribution < -0.4 is 10.6 Å². The molecular weight excluding hydrogens is 384 g/mol. The predicted octanol–water partition coefficient (Wildman–Crippen LogP) is 0.506. The molecule has 8 nitrogen and oxygen atoms in total. The maximum atomic E-state index is 12.2. The Morgan fingerprint density at radius 3 is 1.60 bits per heavy atom. The van der Waals surface area contributed by atoms with E-state index < -0.39 is 0 Å². The number of nitrogens with one attached hydrogen (secondary N) is 2. The smallest absolute Gasteiger partial charge is 0.246 e. The molecule has 4 aliphatic heterocycles. The van der Waals surface area contributed by atoms with Gasteiger partial charge in [0.15, 0.2) is 0 Å². The number of nitrogens with zero attached hydrogens (tertiary/aromatic N) is 2. The summed E-state index contributed by atoms with van der Waals surface area (Å²) in [5.74, 6) is -0.105. The zero-order valence-corrected chi connectivity index (χ0v) is 18.2. The van der Waals surface area contributed by atoms with Crippen LogP contribution >= 0.6 is 0 Å². The van der Waals surface area contributed by atoms with Crippen LogP contribution in [-0.4, -0.2) is 98.4 Å². The van der Waals surface area contributed by atoms with Crippen LogP contribution in [0.5, 0.6) is 0 Å². The van der Waals surface area contributed by atoms with Crippen molar-refractivity contribution in [2.45, 2.75) is 75.5 Å². The second-order valence-corrected chi connectivity index (χ2v) is 9.23. The van der Waals surface area contributed by atoms with E-state index in [1.54, 1.807) is 0 Å². The fraction of sp³-hybridized carbons (Fsp3) is 0.909.